The monoisotopic (exact) mass is 414 g/mol. The standard InChI is InChI=1S/C23H43NO5/c1-24(2,3)20-21(19-22(26)27)29-23(28)17-15-13-11-9-7-5-4-6-8-10-12-14-16-18-25/h4,6,21,25H,5,7-20H2,1-3H3/p+1/b6-4-. The van der Waals surface area contributed by atoms with Crippen LogP contribution < -0.4 is 0 Å². The van der Waals surface area contributed by atoms with Gasteiger partial charge in [0.05, 0.1) is 27.6 Å². The van der Waals surface area contributed by atoms with Crippen LogP contribution >= 0.6 is 0 Å². The number of nitrogens with zero attached hydrogens (tertiary/aromatic N) is 1. The summed E-state index contributed by atoms with van der Waals surface area (Å²) < 4.78 is 5.95. The average molecular weight is 415 g/mol. The van der Waals surface area contributed by atoms with E-state index < -0.39 is 12.1 Å². The molecule has 1 unspecified atom stereocenters. The first-order valence-corrected chi connectivity index (χ1v) is 11.2. The van der Waals surface area contributed by atoms with Gasteiger partial charge in [0.15, 0.2) is 6.10 Å². The molecule has 0 aliphatic carbocycles. The number of aliphatic hydroxyl groups is 1. The highest BCUT2D eigenvalue weighted by atomic mass is 16.5. The minimum absolute atomic E-state index is 0.141. The highest BCUT2D eigenvalue weighted by Crippen LogP contribution is 2.11. The van der Waals surface area contributed by atoms with Gasteiger partial charge in [-0.25, -0.2) is 0 Å². The van der Waals surface area contributed by atoms with Crippen LogP contribution in [0.3, 0.4) is 0 Å². The van der Waals surface area contributed by atoms with E-state index in [9.17, 15) is 9.59 Å². The van der Waals surface area contributed by atoms with Gasteiger partial charge in [-0.15, -0.1) is 0 Å². The number of esters is 1. The van der Waals surface area contributed by atoms with Crippen molar-refractivity contribution in [1.29, 1.82) is 0 Å². The lowest BCUT2D eigenvalue weighted by molar-refractivity contribution is -0.873. The van der Waals surface area contributed by atoms with E-state index in [2.05, 4.69) is 12.2 Å². The summed E-state index contributed by atoms with van der Waals surface area (Å²) >= 11 is 0. The van der Waals surface area contributed by atoms with E-state index in [0.29, 0.717) is 24.1 Å². The van der Waals surface area contributed by atoms with Gasteiger partial charge in [-0.2, -0.15) is 0 Å². The smallest absolute Gasteiger partial charge is 0.307 e. The Hall–Kier alpha value is -1.40. The van der Waals surface area contributed by atoms with E-state index in [0.717, 1.165) is 44.9 Å². The molecule has 0 fully saturated rings. The first-order valence-electron chi connectivity index (χ1n) is 11.2. The molecule has 0 heterocycles. The molecule has 6 nitrogen and oxygen atoms in total. The molecule has 0 saturated heterocycles. The number of carboxylic acid groups (broad SMARTS) is 1. The Balaban J connectivity index is 3.68. The van der Waals surface area contributed by atoms with Crippen molar-refractivity contribution in [1.82, 2.24) is 0 Å². The number of hydrogen-bond acceptors (Lipinski definition) is 4. The fraction of sp³-hybridized carbons (Fsp3) is 0.826. The van der Waals surface area contributed by atoms with Crippen molar-refractivity contribution in [3.05, 3.63) is 12.2 Å². The molecule has 6 heteroatoms. The predicted octanol–water partition coefficient (Wildman–Crippen LogP) is 4.31. The molecule has 0 amide bonds. The van der Waals surface area contributed by atoms with Crippen molar-refractivity contribution in [3.8, 4) is 0 Å². The molecule has 0 aromatic heterocycles. The summed E-state index contributed by atoms with van der Waals surface area (Å²) in [4.78, 5) is 23.0. The van der Waals surface area contributed by atoms with Gasteiger partial charge in [0.2, 0.25) is 0 Å². The number of aliphatic hydroxyl groups excluding tert-OH is 1. The number of likely N-dealkylation sites (N-methyl/N-ethyl adjacent to an activating group) is 1. The van der Waals surface area contributed by atoms with Gasteiger partial charge in [0.25, 0.3) is 0 Å². The summed E-state index contributed by atoms with van der Waals surface area (Å²) in [6, 6.07) is 0. The Morgan fingerprint density at radius 2 is 1.38 bits per heavy atom. The third kappa shape index (κ3) is 21.1. The van der Waals surface area contributed by atoms with E-state index in [1.54, 1.807) is 0 Å². The molecule has 0 aromatic carbocycles. The number of hydrogen-bond donors (Lipinski definition) is 2. The Labute approximate surface area is 177 Å². The molecule has 0 rings (SSSR count). The predicted molar refractivity (Wildman–Crippen MR) is 117 cm³/mol. The number of carbonyl (C=O) groups is 2. The Kier molecular flexibility index (Phi) is 16.6. The number of unbranched alkanes of at least 4 members (excludes halogenated alkanes) is 9. The topological polar surface area (TPSA) is 83.8 Å². The van der Waals surface area contributed by atoms with Crippen molar-refractivity contribution >= 4 is 11.9 Å². The zero-order valence-electron chi connectivity index (χ0n) is 18.9. The second-order valence-electron chi connectivity index (χ2n) is 8.89. The van der Waals surface area contributed by atoms with Crippen LogP contribution in [0.25, 0.3) is 0 Å². The number of carbonyl (C=O) groups excluding carboxylic acids is 1. The highest BCUT2D eigenvalue weighted by molar-refractivity contribution is 5.71. The molecule has 0 saturated carbocycles. The van der Waals surface area contributed by atoms with Gasteiger partial charge in [0, 0.05) is 13.0 Å². The van der Waals surface area contributed by atoms with E-state index in [-0.39, 0.29) is 12.4 Å². The first kappa shape index (κ1) is 27.6. The normalized spacial score (nSPS) is 13.0. The van der Waals surface area contributed by atoms with E-state index in [1.807, 2.05) is 21.1 Å². The van der Waals surface area contributed by atoms with Gasteiger partial charge in [-0.1, -0.05) is 44.3 Å². The quantitative estimate of drug-likeness (QED) is 0.142. The number of aliphatic carboxylic acids is 1. The summed E-state index contributed by atoms with van der Waals surface area (Å²) in [5.74, 6) is -1.22. The van der Waals surface area contributed by atoms with Crippen LogP contribution in [0.4, 0.5) is 0 Å². The molecule has 2 N–H and O–H groups in total. The highest BCUT2D eigenvalue weighted by Gasteiger charge is 2.24. The summed E-state index contributed by atoms with van der Waals surface area (Å²) in [6.45, 7) is 0.799. The van der Waals surface area contributed by atoms with Gasteiger partial charge < -0.3 is 19.4 Å². The van der Waals surface area contributed by atoms with E-state index >= 15 is 0 Å². The van der Waals surface area contributed by atoms with Crippen LogP contribution in [0.2, 0.25) is 0 Å². The second kappa shape index (κ2) is 17.5. The summed E-state index contributed by atoms with van der Waals surface area (Å²) in [6.07, 6.45) is 16.1. The second-order valence-corrected chi connectivity index (χ2v) is 8.89. The first-order chi connectivity index (χ1) is 13.7. The van der Waals surface area contributed by atoms with Crippen LogP contribution in [-0.2, 0) is 14.3 Å². The minimum atomic E-state index is -0.938. The third-order valence-corrected chi connectivity index (χ3v) is 4.65. The van der Waals surface area contributed by atoms with Crippen molar-refractivity contribution in [2.24, 2.45) is 0 Å². The van der Waals surface area contributed by atoms with E-state index in [4.69, 9.17) is 14.9 Å². The fourth-order valence-corrected chi connectivity index (χ4v) is 3.22. The fourth-order valence-electron chi connectivity index (χ4n) is 3.22. The lowest BCUT2D eigenvalue weighted by Gasteiger charge is -2.28. The summed E-state index contributed by atoms with van der Waals surface area (Å²) in [5.41, 5.74) is 0. The molecule has 0 radical (unpaired) electrons. The maximum absolute atomic E-state index is 12.0. The maximum atomic E-state index is 12.0. The number of allylic oxidation sites excluding steroid dienone is 2. The lowest BCUT2D eigenvalue weighted by Crippen LogP contribution is -2.43. The Morgan fingerprint density at radius 1 is 0.862 bits per heavy atom. The SMILES string of the molecule is C[N+](C)(C)CC(CC(=O)O)OC(=O)CCCCCCC/C=C\CCCCCCO. The van der Waals surface area contributed by atoms with Gasteiger partial charge >= 0.3 is 11.9 Å². The zero-order chi connectivity index (χ0) is 22.0. The van der Waals surface area contributed by atoms with Crippen LogP contribution in [0.1, 0.15) is 83.5 Å². The molecule has 0 aliphatic rings. The van der Waals surface area contributed by atoms with Crippen molar-refractivity contribution in [3.63, 3.8) is 0 Å². The van der Waals surface area contributed by atoms with Crippen molar-refractivity contribution in [2.75, 3.05) is 34.3 Å². The molecule has 1 atom stereocenters. The Morgan fingerprint density at radius 3 is 1.90 bits per heavy atom. The molecular formula is C23H44NO5+. The summed E-state index contributed by atoms with van der Waals surface area (Å²) in [7, 11) is 5.87. The van der Waals surface area contributed by atoms with Gasteiger partial charge in [-0.05, 0) is 38.5 Å². The van der Waals surface area contributed by atoms with Crippen LogP contribution in [0.5, 0.6) is 0 Å². The van der Waals surface area contributed by atoms with Gasteiger partial charge in [-0.3, -0.25) is 9.59 Å². The third-order valence-electron chi connectivity index (χ3n) is 4.65. The number of quaternary nitrogens is 1. The van der Waals surface area contributed by atoms with Gasteiger partial charge in [0.1, 0.15) is 6.54 Å². The molecule has 0 aromatic rings. The molecule has 29 heavy (non-hydrogen) atoms. The van der Waals surface area contributed by atoms with Crippen molar-refractivity contribution < 1.29 is 29.0 Å². The van der Waals surface area contributed by atoms with E-state index in [1.165, 1.54) is 25.7 Å². The maximum Gasteiger partial charge on any atom is 0.307 e. The molecule has 0 aliphatic heterocycles. The van der Waals surface area contributed by atoms with Crippen LogP contribution in [0.15, 0.2) is 12.2 Å². The average Bonchev–Trinajstić information content (AvgIpc) is 2.60. The lowest BCUT2D eigenvalue weighted by atomic mass is 10.1. The van der Waals surface area contributed by atoms with Crippen LogP contribution in [0, 0.1) is 0 Å². The zero-order valence-corrected chi connectivity index (χ0v) is 18.9. The van der Waals surface area contributed by atoms with Crippen molar-refractivity contribution in [2.45, 2.75) is 89.6 Å². The largest absolute Gasteiger partial charge is 0.481 e. The molecular weight excluding hydrogens is 370 g/mol. The number of rotatable bonds is 19. The summed E-state index contributed by atoms with van der Waals surface area (Å²) in [5, 5.41) is 17.7. The molecule has 0 bridgehead atoms. The number of ether oxygens (including phenoxy) is 1. The van der Waals surface area contributed by atoms with Crippen LogP contribution in [-0.4, -0.2) is 67.0 Å². The minimum Gasteiger partial charge on any atom is -0.481 e. The number of carboxylic acids is 1. The molecule has 170 valence electrons. The Bertz CT molecular complexity index is 457. The molecule has 0 spiro atoms.